The maximum Gasteiger partial charge on any atom is 0.238 e. The molecule has 2 bridgehead atoms. The molecule has 2 fully saturated rings. The van der Waals surface area contributed by atoms with Crippen LogP contribution in [0.2, 0.25) is 10.0 Å². The zero-order valence-corrected chi connectivity index (χ0v) is 13.5. The highest BCUT2D eigenvalue weighted by Gasteiger charge is 2.62. The average Bonchev–Trinajstić information content (AvgIpc) is 2.75. The van der Waals surface area contributed by atoms with Crippen molar-refractivity contribution < 1.29 is 9.59 Å². The predicted octanol–water partition coefficient (Wildman–Crippen LogP) is 3.72. The van der Waals surface area contributed by atoms with Crippen LogP contribution in [0.15, 0.2) is 42.5 Å². The highest BCUT2D eigenvalue weighted by atomic mass is 35.5. The molecule has 1 aromatic rings. The second-order valence-electron chi connectivity index (χ2n) is 6.74. The van der Waals surface area contributed by atoms with Gasteiger partial charge in [-0.2, -0.15) is 0 Å². The number of allylic oxidation sites excluding steroid dienone is 4. The van der Waals surface area contributed by atoms with Gasteiger partial charge in [0.1, 0.15) is 0 Å². The summed E-state index contributed by atoms with van der Waals surface area (Å²) in [7, 11) is 0. The Morgan fingerprint density at radius 1 is 0.739 bits per heavy atom. The van der Waals surface area contributed by atoms with Gasteiger partial charge >= 0.3 is 0 Å². The van der Waals surface area contributed by atoms with Crippen LogP contribution in [0.5, 0.6) is 0 Å². The fraction of sp³-hybridized carbons (Fsp3) is 0.333. The number of benzene rings is 1. The van der Waals surface area contributed by atoms with Gasteiger partial charge in [-0.25, -0.2) is 4.90 Å². The molecule has 6 rings (SSSR count). The van der Waals surface area contributed by atoms with Crippen molar-refractivity contribution in [2.45, 2.75) is 0 Å². The summed E-state index contributed by atoms with van der Waals surface area (Å²) in [6.45, 7) is 0. The fourth-order valence-electron chi connectivity index (χ4n) is 4.77. The summed E-state index contributed by atoms with van der Waals surface area (Å²) in [6, 6.07) is 4.91. The Hall–Kier alpha value is -1.58. The Morgan fingerprint density at radius 3 is 1.74 bits per heavy atom. The third-order valence-electron chi connectivity index (χ3n) is 5.83. The Morgan fingerprint density at radius 2 is 1.26 bits per heavy atom. The number of nitrogens with zero attached hydrogens (tertiary/aromatic N) is 1. The standard InChI is InChI=1S/C18H13Cl2NO2/c19-13-6-1-8(7-14(13)20)21-17(22)15-11-4-5-12(16(15)18(21)23)10-3-2-9(10)11/h1-7,9-12,15-16H/t9-,10+,11-,12+,15-,16+. The van der Waals surface area contributed by atoms with E-state index in [2.05, 4.69) is 24.3 Å². The molecular weight excluding hydrogens is 333 g/mol. The van der Waals surface area contributed by atoms with Crippen LogP contribution in [0.4, 0.5) is 5.69 Å². The number of amides is 2. The van der Waals surface area contributed by atoms with E-state index in [0.717, 1.165) is 0 Å². The molecule has 1 aliphatic heterocycles. The third-order valence-corrected chi connectivity index (χ3v) is 6.57. The first-order valence-electron chi connectivity index (χ1n) is 7.77. The smallest absolute Gasteiger partial charge is 0.238 e. The van der Waals surface area contributed by atoms with Gasteiger partial charge in [-0.05, 0) is 41.9 Å². The Balaban J connectivity index is 1.59. The van der Waals surface area contributed by atoms with Crippen molar-refractivity contribution in [2.75, 3.05) is 4.90 Å². The quantitative estimate of drug-likeness (QED) is 0.574. The molecule has 6 atom stereocenters. The van der Waals surface area contributed by atoms with Crippen molar-refractivity contribution >= 4 is 40.7 Å². The van der Waals surface area contributed by atoms with Gasteiger partial charge in [-0.1, -0.05) is 47.5 Å². The van der Waals surface area contributed by atoms with Crippen molar-refractivity contribution in [3.63, 3.8) is 0 Å². The molecule has 0 N–H and O–H groups in total. The van der Waals surface area contributed by atoms with Crippen LogP contribution in [-0.4, -0.2) is 11.8 Å². The van der Waals surface area contributed by atoms with Crippen molar-refractivity contribution in [1.29, 1.82) is 0 Å². The van der Waals surface area contributed by atoms with E-state index >= 15 is 0 Å². The first kappa shape index (κ1) is 13.8. The van der Waals surface area contributed by atoms with Gasteiger partial charge in [0.05, 0.1) is 27.6 Å². The SMILES string of the molecule is O=C1[C@@H]2[C@@H]3C=C[C@@H]([C@H]4C=C[C@H]43)[C@@H]2C(=O)N1c1ccc(Cl)c(Cl)c1. The highest BCUT2D eigenvalue weighted by Crippen LogP contribution is 2.59. The normalized spacial score (nSPS) is 39.5. The first-order chi connectivity index (χ1) is 11.1. The zero-order valence-electron chi connectivity index (χ0n) is 12.0. The molecule has 5 heteroatoms. The van der Waals surface area contributed by atoms with Crippen LogP contribution < -0.4 is 4.90 Å². The molecule has 2 amide bonds. The van der Waals surface area contributed by atoms with E-state index in [0.29, 0.717) is 27.6 Å². The second kappa shape index (κ2) is 4.49. The van der Waals surface area contributed by atoms with Gasteiger partial charge in [0, 0.05) is 0 Å². The predicted molar refractivity (Wildman–Crippen MR) is 88.2 cm³/mol. The summed E-state index contributed by atoms with van der Waals surface area (Å²) in [5.41, 5.74) is 0.517. The molecule has 0 unspecified atom stereocenters. The van der Waals surface area contributed by atoms with Crippen LogP contribution in [0.25, 0.3) is 0 Å². The van der Waals surface area contributed by atoms with Crippen LogP contribution in [0, 0.1) is 35.5 Å². The number of rotatable bonds is 1. The molecule has 1 aromatic carbocycles. The van der Waals surface area contributed by atoms with Crippen molar-refractivity contribution in [1.82, 2.24) is 0 Å². The molecule has 4 aliphatic carbocycles. The maximum absolute atomic E-state index is 13.0. The molecule has 3 nitrogen and oxygen atoms in total. The number of carbonyl (C=O) groups excluding carboxylic acids is 2. The van der Waals surface area contributed by atoms with E-state index in [1.807, 2.05) is 0 Å². The third kappa shape index (κ3) is 1.62. The lowest BCUT2D eigenvalue weighted by Gasteiger charge is -2.51. The summed E-state index contributed by atoms with van der Waals surface area (Å²) in [5.74, 6) is 0.436. The Kier molecular flexibility index (Phi) is 2.70. The summed E-state index contributed by atoms with van der Waals surface area (Å²) in [5, 5.41) is 0.762. The Labute approximate surface area is 143 Å². The van der Waals surface area contributed by atoms with Crippen molar-refractivity contribution in [3.8, 4) is 0 Å². The monoisotopic (exact) mass is 345 g/mol. The van der Waals surface area contributed by atoms with Crippen molar-refractivity contribution in [2.24, 2.45) is 35.5 Å². The molecule has 0 radical (unpaired) electrons. The summed E-state index contributed by atoms with van der Waals surface area (Å²) >= 11 is 12.0. The van der Waals surface area contributed by atoms with Crippen LogP contribution in [0.1, 0.15) is 0 Å². The molecule has 5 aliphatic rings. The molecule has 1 saturated heterocycles. The lowest BCUT2D eigenvalue weighted by atomic mass is 9.50. The molecule has 1 saturated carbocycles. The molecular formula is C18H13Cl2NO2. The van der Waals surface area contributed by atoms with E-state index in [9.17, 15) is 9.59 Å². The van der Waals surface area contributed by atoms with E-state index in [-0.39, 0.29) is 35.5 Å². The summed E-state index contributed by atoms with van der Waals surface area (Å²) in [6.07, 6.45) is 8.64. The van der Waals surface area contributed by atoms with Gasteiger partial charge in [-0.3, -0.25) is 9.59 Å². The maximum atomic E-state index is 13.0. The number of halogens is 2. The second-order valence-corrected chi connectivity index (χ2v) is 7.56. The van der Waals surface area contributed by atoms with Crippen LogP contribution in [-0.2, 0) is 9.59 Å². The van der Waals surface area contributed by atoms with E-state index < -0.39 is 0 Å². The van der Waals surface area contributed by atoms with Gasteiger partial charge in [0.15, 0.2) is 0 Å². The lowest BCUT2D eigenvalue weighted by Crippen LogP contribution is -2.50. The molecule has 0 aromatic heterocycles. The van der Waals surface area contributed by atoms with Gasteiger partial charge in [-0.15, -0.1) is 0 Å². The van der Waals surface area contributed by atoms with Crippen molar-refractivity contribution in [3.05, 3.63) is 52.5 Å². The molecule has 116 valence electrons. The summed E-state index contributed by atoms with van der Waals surface area (Å²) < 4.78 is 0. The van der Waals surface area contributed by atoms with Gasteiger partial charge in [0.25, 0.3) is 0 Å². The number of imide groups is 1. The highest BCUT2D eigenvalue weighted by molar-refractivity contribution is 6.42. The number of hydrogen-bond donors (Lipinski definition) is 0. The van der Waals surface area contributed by atoms with Gasteiger partial charge in [0.2, 0.25) is 11.8 Å². The Bertz CT molecular complexity index is 775. The van der Waals surface area contributed by atoms with E-state index in [1.54, 1.807) is 18.2 Å². The number of hydrogen-bond acceptors (Lipinski definition) is 2. The van der Waals surface area contributed by atoms with Crippen LogP contribution >= 0.6 is 23.2 Å². The number of anilines is 1. The van der Waals surface area contributed by atoms with Crippen LogP contribution in [0.3, 0.4) is 0 Å². The topological polar surface area (TPSA) is 37.4 Å². The van der Waals surface area contributed by atoms with E-state index in [4.69, 9.17) is 23.2 Å². The summed E-state index contributed by atoms with van der Waals surface area (Å²) in [4.78, 5) is 27.3. The molecule has 0 spiro atoms. The van der Waals surface area contributed by atoms with Gasteiger partial charge < -0.3 is 0 Å². The molecule has 23 heavy (non-hydrogen) atoms. The van der Waals surface area contributed by atoms with E-state index in [1.165, 1.54) is 4.90 Å². The minimum Gasteiger partial charge on any atom is -0.274 e. The largest absolute Gasteiger partial charge is 0.274 e. The number of carbonyl (C=O) groups is 2. The average molecular weight is 346 g/mol. The molecule has 1 heterocycles. The lowest BCUT2D eigenvalue weighted by molar-refractivity contribution is -0.127. The minimum atomic E-state index is -0.238. The zero-order chi connectivity index (χ0) is 15.9. The fourth-order valence-corrected chi connectivity index (χ4v) is 5.06. The minimum absolute atomic E-state index is 0.100. The first-order valence-corrected chi connectivity index (χ1v) is 8.53.